The molecule has 8 nitrogen and oxygen atoms in total. The van der Waals surface area contributed by atoms with Gasteiger partial charge in [0.25, 0.3) is 0 Å². The van der Waals surface area contributed by atoms with Crippen molar-refractivity contribution in [2.45, 2.75) is 63.8 Å². The number of aromatic nitrogens is 1. The molecule has 1 unspecified atom stereocenters. The van der Waals surface area contributed by atoms with Gasteiger partial charge in [-0.1, -0.05) is 24.1 Å². The van der Waals surface area contributed by atoms with Gasteiger partial charge in [-0.05, 0) is 99.9 Å². The minimum absolute atomic E-state index is 0.00869. The van der Waals surface area contributed by atoms with Crippen LogP contribution in [-0.4, -0.2) is 89.1 Å². The van der Waals surface area contributed by atoms with Gasteiger partial charge in [0.15, 0.2) is 0 Å². The Kier molecular flexibility index (Phi) is 12.0. The molecule has 2 aromatic carbocycles. The van der Waals surface area contributed by atoms with Gasteiger partial charge in [-0.2, -0.15) is 18.4 Å². The minimum atomic E-state index is -4.40. The lowest BCUT2D eigenvalue weighted by atomic mass is 9.86. The molecule has 1 aliphatic heterocycles. The Morgan fingerprint density at radius 3 is 2.47 bits per heavy atom. The summed E-state index contributed by atoms with van der Waals surface area (Å²) in [5, 5.41) is 31.8. The van der Waals surface area contributed by atoms with Gasteiger partial charge in [-0.25, -0.2) is 0 Å². The number of nitrogens with one attached hydrogen (secondary N) is 1. The number of nitrogens with zero attached hydrogens (tertiary/aromatic N) is 4. The average Bonchev–Trinajstić information content (AvgIpc) is 3.37. The second-order valence-electron chi connectivity index (χ2n) is 13.0. The molecule has 3 N–H and O–H groups in total. The molecule has 2 heterocycles. The van der Waals surface area contributed by atoms with E-state index >= 15 is 0 Å². The molecule has 252 valence electrons. The molecule has 1 saturated heterocycles. The molecule has 1 amide bonds. The van der Waals surface area contributed by atoms with Crippen LogP contribution in [0.1, 0.15) is 49.9 Å². The summed E-state index contributed by atoms with van der Waals surface area (Å²) >= 11 is 0. The molecule has 0 saturated carbocycles. The van der Waals surface area contributed by atoms with Crippen molar-refractivity contribution in [1.29, 1.82) is 5.26 Å². The maximum Gasteiger partial charge on any atom is 0.406 e. The molecular weight excluding hydrogens is 607 g/mol. The fourth-order valence-corrected chi connectivity index (χ4v) is 5.93. The van der Waals surface area contributed by atoms with Crippen LogP contribution < -0.4 is 5.32 Å². The van der Waals surface area contributed by atoms with E-state index in [1.807, 2.05) is 55.1 Å². The summed E-state index contributed by atoms with van der Waals surface area (Å²) in [5.74, 6) is 6.34. The Labute approximate surface area is 274 Å². The molecule has 0 aliphatic carbocycles. The summed E-state index contributed by atoms with van der Waals surface area (Å²) < 4.78 is 41.8. The Hall–Kier alpha value is -4.03. The smallest absolute Gasteiger partial charge is 0.394 e. The molecule has 1 aromatic heterocycles. The summed E-state index contributed by atoms with van der Waals surface area (Å²) in [5.41, 5.74) is 2.93. The summed E-state index contributed by atoms with van der Waals surface area (Å²) in [6.45, 7) is 4.22. The fraction of sp³-hybridized carbons (Fsp3) is 0.500. The van der Waals surface area contributed by atoms with E-state index in [1.54, 1.807) is 24.1 Å². The normalized spacial score (nSPS) is 14.9. The number of amides is 1. The topological polar surface area (TPSA) is 105 Å². The van der Waals surface area contributed by atoms with E-state index in [2.05, 4.69) is 23.2 Å². The standard InChI is InChI=1S/C36H44F3N5O3/c1-35(2,24-40)29-9-11-30(12-10-29)41-16-4-5-31-20-28-19-27(8-13-33(28)44(31)25-36(37,38)39)7-6-26-14-17-43(18-15-26)34(47)22-42(3)21-32(46)23-45/h8-13,19-20,26,32,41,45-46H,6-7,14-18,21-23,25H2,1-3H3. The van der Waals surface area contributed by atoms with Gasteiger partial charge in [0.05, 0.1) is 43.0 Å². The maximum atomic E-state index is 13.5. The number of hydrogen-bond acceptors (Lipinski definition) is 6. The van der Waals surface area contributed by atoms with Gasteiger partial charge >= 0.3 is 6.18 Å². The quantitative estimate of drug-likeness (QED) is 0.240. The first-order valence-electron chi connectivity index (χ1n) is 16.0. The van der Waals surface area contributed by atoms with E-state index in [4.69, 9.17) is 5.11 Å². The number of halogens is 3. The van der Waals surface area contributed by atoms with Crippen molar-refractivity contribution in [3.05, 3.63) is 65.4 Å². The van der Waals surface area contributed by atoms with Crippen LogP contribution in [0.15, 0.2) is 48.5 Å². The number of piperidine rings is 1. The summed E-state index contributed by atoms with van der Waals surface area (Å²) in [7, 11) is 1.74. The van der Waals surface area contributed by atoms with Crippen molar-refractivity contribution in [2.75, 3.05) is 51.7 Å². The van der Waals surface area contributed by atoms with Crippen LogP contribution in [0.4, 0.5) is 18.9 Å². The molecule has 3 aromatic rings. The number of likely N-dealkylation sites (N-methyl/N-ethyl adjacent to an activating group) is 1. The molecule has 0 spiro atoms. The number of hydrogen-bond donors (Lipinski definition) is 3. The second kappa shape index (κ2) is 15.7. The second-order valence-corrected chi connectivity index (χ2v) is 13.0. The third-order valence-corrected chi connectivity index (χ3v) is 8.73. The molecule has 0 radical (unpaired) electrons. The van der Waals surface area contributed by atoms with Crippen molar-refractivity contribution in [1.82, 2.24) is 14.4 Å². The predicted octanol–water partition coefficient (Wildman–Crippen LogP) is 4.92. The molecule has 0 bridgehead atoms. The Bertz CT molecular complexity index is 1610. The van der Waals surface area contributed by atoms with Crippen LogP contribution in [0, 0.1) is 29.1 Å². The number of fused-ring (bicyclic) bond motifs is 1. The zero-order chi connectivity index (χ0) is 34.2. The number of rotatable bonds is 12. The monoisotopic (exact) mass is 651 g/mol. The largest absolute Gasteiger partial charge is 0.406 e. The minimum Gasteiger partial charge on any atom is -0.394 e. The highest BCUT2D eigenvalue weighted by Gasteiger charge is 2.30. The van der Waals surface area contributed by atoms with E-state index < -0.39 is 24.2 Å². The number of carbonyl (C=O) groups excluding carboxylic acids is 1. The number of aliphatic hydroxyl groups excluding tert-OH is 2. The van der Waals surface area contributed by atoms with Crippen LogP contribution in [0.3, 0.4) is 0 Å². The lowest BCUT2D eigenvalue weighted by Gasteiger charge is -2.33. The Morgan fingerprint density at radius 2 is 1.83 bits per heavy atom. The van der Waals surface area contributed by atoms with Crippen LogP contribution in [0.5, 0.6) is 0 Å². The van der Waals surface area contributed by atoms with Crippen molar-refractivity contribution >= 4 is 22.5 Å². The number of anilines is 1. The van der Waals surface area contributed by atoms with Crippen molar-refractivity contribution in [3.8, 4) is 17.9 Å². The van der Waals surface area contributed by atoms with Crippen molar-refractivity contribution < 1.29 is 28.2 Å². The number of benzene rings is 2. The van der Waals surface area contributed by atoms with Gasteiger partial charge in [0.1, 0.15) is 6.54 Å². The number of nitriles is 1. The molecule has 1 atom stereocenters. The highest BCUT2D eigenvalue weighted by molar-refractivity contribution is 5.83. The van der Waals surface area contributed by atoms with E-state index in [-0.39, 0.29) is 32.1 Å². The Morgan fingerprint density at radius 1 is 1.13 bits per heavy atom. The highest BCUT2D eigenvalue weighted by Crippen LogP contribution is 2.28. The highest BCUT2D eigenvalue weighted by atomic mass is 19.4. The van der Waals surface area contributed by atoms with Gasteiger partial charge in [-0.3, -0.25) is 9.69 Å². The number of aliphatic hydroxyl groups is 2. The number of aryl methyl sites for hydroxylation is 1. The van der Waals surface area contributed by atoms with E-state index in [9.17, 15) is 28.3 Å². The molecule has 47 heavy (non-hydrogen) atoms. The van der Waals surface area contributed by atoms with E-state index in [0.717, 1.165) is 47.9 Å². The van der Waals surface area contributed by atoms with Crippen LogP contribution >= 0.6 is 0 Å². The molecule has 1 aliphatic rings. The van der Waals surface area contributed by atoms with Gasteiger partial charge in [-0.15, -0.1) is 0 Å². The molecule has 4 rings (SSSR count). The van der Waals surface area contributed by atoms with Gasteiger partial charge < -0.3 is 25.0 Å². The molecule has 1 fully saturated rings. The third-order valence-electron chi connectivity index (χ3n) is 8.73. The number of likely N-dealkylation sites (tertiary alicyclic amines) is 1. The third kappa shape index (κ3) is 10.2. The summed E-state index contributed by atoms with van der Waals surface area (Å²) in [6.07, 6.45) is -1.79. The zero-order valence-electron chi connectivity index (χ0n) is 27.3. The Balaban J connectivity index is 1.35. The van der Waals surface area contributed by atoms with Gasteiger partial charge in [0.2, 0.25) is 5.91 Å². The van der Waals surface area contributed by atoms with Crippen molar-refractivity contribution in [3.63, 3.8) is 0 Å². The number of carbonyl (C=O) groups is 1. The summed E-state index contributed by atoms with van der Waals surface area (Å²) in [6, 6.07) is 17.0. The predicted molar refractivity (Wildman–Crippen MR) is 177 cm³/mol. The summed E-state index contributed by atoms with van der Waals surface area (Å²) in [4.78, 5) is 16.2. The van der Waals surface area contributed by atoms with Crippen LogP contribution in [0.25, 0.3) is 10.9 Å². The lowest BCUT2D eigenvalue weighted by molar-refractivity contribution is -0.140. The first kappa shape index (κ1) is 35.8. The SMILES string of the molecule is CN(CC(=O)N1CCC(CCc2ccc3c(c2)cc(C#CCNc2ccc(C(C)(C)C#N)cc2)n3CC(F)(F)F)CC1)CC(O)CO. The van der Waals surface area contributed by atoms with E-state index in [0.29, 0.717) is 30.2 Å². The van der Waals surface area contributed by atoms with Crippen LogP contribution in [0.2, 0.25) is 0 Å². The molecular formula is C36H44F3N5O3. The zero-order valence-corrected chi connectivity index (χ0v) is 27.3. The first-order chi connectivity index (χ1) is 22.3. The number of alkyl halides is 3. The fourth-order valence-electron chi connectivity index (χ4n) is 5.93. The lowest BCUT2D eigenvalue weighted by Crippen LogP contribution is -2.45. The maximum absolute atomic E-state index is 13.5. The first-order valence-corrected chi connectivity index (χ1v) is 16.0. The molecule has 11 heteroatoms. The van der Waals surface area contributed by atoms with E-state index in [1.165, 1.54) is 4.57 Å². The van der Waals surface area contributed by atoms with Crippen LogP contribution in [-0.2, 0) is 23.2 Å². The van der Waals surface area contributed by atoms with Crippen molar-refractivity contribution in [2.24, 2.45) is 5.92 Å². The average molecular weight is 652 g/mol. The van der Waals surface area contributed by atoms with Gasteiger partial charge in [0, 0.05) is 36.2 Å².